The third-order valence-electron chi connectivity index (χ3n) is 2.66. The molecule has 0 fully saturated rings. The van der Waals surface area contributed by atoms with Gasteiger partial charge in [-0.3, -0.25) is 0 Å². The molecule has 1 rings (SSSR count). The van der Waals surface area contributed by atoms with E-state index >= 15 is 0 Å². The van der Waals surface area contributed by atoms with E-state index in [1.165, 1.54) is 0 Å². The molecule has 0 saturated heterocycles. The summed E-state index contributed by atoms with van der Waals surface area (Å²) >= 11 is 1.58. The molecule has 0 N–H and O–H groups in total. The highest BCUT2D eigenvalue weighted by atomic mass is 32.2. The first kappa shape index (κ1) is 9.90. The Balaban J connectivity index is 2.87. The van der Waals surface area contributed by atoms with Crippen molar-refractivity contribution in [3.05, 3.63) is 0 Å². The molecule has 1 aliphatic rings. The smallest absolute Gasteiger partial charge is 0.246 e. The Hall–Kier alpha value is -0.180. The van der Waals surface area contributed by atoms with Crippen LogP contribution in [0.3, 0.4) is 0 Å². The number of rotatable bonds is 0. The quantitative estimate of drug-likeness (QED) is 0.581. The van der Waals surface area contributed by atoms with Crippen molar-refractivity contribution in [1.82, 2.24) is 0 Å². The maximum absolute atomic E-state index is 5.60. The number of hydrogen-bond donors (Lipinski definition) is 0. The first-order chi connectivity index (χ1) is 5.47. The fourth-order valence-corrected chi connectivity index (χ4v) is 1.87. The Morgan fingerprint density at radius 2 is 2.00 bits per heavy atom. The molecule has 1 heterocycles. The van der Waals surface area contributed by atoms with Gasteiger partial charge in [0.05, 0.1) is 5.54 Å². The monoisotopic (exact) mass is 187 g/mol. The summed E-state index contributed by atoms with van der Waals surface area (Å²) in [5.41, 5.74) is 0.0238. The molecule has 0 radical (unpaired) electrons. The highest BCUT2D eigenvalue weighted by Gasteiger charge is 2.35. The Bertz CT molecular complexity index is 201. The van der Waals surface area contributed by atoms with Gasteiger partial charge in [0, 0.05) is 5.92 Å². The van der Waals surface area contributed by atoms with E-state index in [9.17, 15) is 0 Å². The van der Waals surface area contributed by atoms with Crippen LogP contribution in [0, 0.1) is 5.92 Å². The van der Waals surface area contributed by atoms with E-state index in [-0.39, 0.29) is 11.6 Å². The first-order valence-corrected chi connectivity index (χ1v) is 5.50. The predicted octanol–water partition coefficient (Wildman–Crippen LogP) is 2.54. The van der Waals surface area contributed by atoms with Gasteiger partial charge in [0.25, 0.3) is 0 Å². The average Bonchev–Trinajstić information content (AvgIpc) is 1.99. The fourth-order valence-electron chi connectivity index (χ4n) is 1.29. The van der Waals surface area contributed by atoms with Gasteiger partial charge in [-0.1, -0.05) is 18.7 Å². The Kier molecular flexibility index (Phi) is 2.71. The standard InChI is InChI=1S/C9H17NOS/c1-6-7(2)11-8(12-5)10-9(6,3)4/h6-7H,1-5H3. The first-order valence-electron chi connectivity index (χ1n) is 4.28. The number of ether oxygens (including phenoxy) is 1. The number of thioether (sulfide) groups is 1. The van der Waals surface area contributed by atoms with Gasteiger partial charge in [0.1, 0.15) is 6.10 Å². The molecule has 2 atom stereocenters. The fraction of sp³-hybridized carbons (Fsp3) is 0.889. The zero-order chi connectivity index (χ0) is 9.35. The molecule has 0 spiro atoms. The maximum Gasteiger partial charge on any atom is 0.246 e. The Labute approximate surface area is 78.8 Å². The molecule has 0 aromatic rings. The second-order valence-corrected chi connectivity index (χ2v) is 4.60. The summed E-state index contributed by atoms with van der Waals surface area (Å²) in [6, 6.07) is 0. The van der Waals surface area contributed by atoms with Crippen LogP contribution in [0.4, 0.5) is 0 Å². The van der Waals surface area contributed by atoms with Gasteiger partial charge in [-0.25, -0.2) is 4.99 Å². The molecule has 2 unspecified atom stereocenters. The molecule has 3 heteroatoms. The van der Waals surface area contributed by atoms with E-state index < -0.39 is 0 Å². The topological polar surface area (TPSA) is 21.6 Å². The van der Waals surface area contributed by atoms with Gasteiger partial charge in [-0.05, 0) is 27.0 Å². The predicted molar refractivity (Wildman–Crippen MR) is 54.7 cm³/mol. The van der Waals surface area contributed by atoms with Crippen molar-refractivity contribution in [3.63, 3.8) is 0 Å². The van der Waals surface area contributed by atoms with Crippen LogP contribution >= 0.6 is 11.8 Å². The zero-order valence-corrected chi connectivity index (χ0v) is 9.23. The molecule has 70 valence electrons. The van der Waals surface area contributed by atoms with Gasteiger partial charge >= 0.3 is 0 Å². The number of hydrogen-bond acceptors (Lipinski definition) is 3. The van der Waals surface area contributed by atoms with E-state index in [0.29, 0.717) is 5.92 Å². The minimum absolute atomic E-state index is 0.0238. The summed E-state index contributed by atoms with van der Waals surface area (Å²) in [5.74, 6) is 0.480. The van der Waals surface area contributed by atoms with Crippen molar-refractivity contribution in [3.8, 4) is 0 Å². The van der Waals surface area contributed by atoms with Gasteiger partial charge in [-0.15, -0.1) is 0 Å². The van der Waals surface area contributed by atoms with Crippen molar-refractivity contribution in [2.24, 2.45) is 10.9 Å². The molecule has 0 aliphatic carbocycles. The maximum atomic E-state index is 5.60. The third-order valence-corrected chi connectivity index (χ3v) is 3.20. The molecule has 0 aromatic heterocycles. The van der Waals surface area contributed by atoms with Crippen LogP contribution in [0.15, 0.2) is 4.99 Å². The van der Waals surface area contributed by atoms with E-state index in [4.69, 9.17) is 4.74 Å². The molecule has 0 amide bonds. The Morgan fingerprint density at radius 3 is 2.42 bits per heavy atom. The van der Waals surface area contributed by atoms with Crippen LogP contribution in [0.2, 0.25) is 0 Å². The lowest BCUT2D eigenvalue weighted by Gasteiger charge is -2.37. The highest BCUT2D eigenvalue weighted by Crippen LogP contribution is 2.31. The molecule has 0 bridgehead atoms. The summed E-state index contributed by atoms with van der Waals surface area (Å²) < 4.78 is 5.60. The van der Waals surface area contributed by atoms with Crippen molar-refractivity contribution >= 4 is 17.0 Å². The van der Waals surface area contributed by atoms with E-state index in [0.717, 1.165) is 5.23 Å². The normalized spacial score (nSPS) is 33.9. The van der Waals surface area contributed by atoms with Gasteiger partial charge in [-0.2, -0.15) is 0 Å². The van der Waals surface area contributed by atoms with Crippen LogP contribution < -0.4 is 0 Å². The second-order valence-electron chi connectivity index (χ2n) is 3.85. The summed E-state index contributed by atoms with van der Waals surface area (Å²) in [6.07, 6.45) is 2.28. The van der Waals surface area contributed by atoms with Gasteiger partial charge in [0.2, 0.25) is 5.23 Å². The van der Waals surface area contributed by atoms with Crippen LogP contribution in [-0.2, 0) is 4.74 Å². The summed E-state index contributed by atoms with van der Waals surface area (Å²) in [6.45, 7) is 8.61. The number of aliphatic imine (C=N–C) groups is 1. The second kappa shape index (κ2) is 3.29. The molecule has 0 saturated carbocycles. The molecule has 0 aromatic carbocycles. The van der Waals surface area contributed by atoms with Crippen LogP contribution in [0.5, 0.6) is 0 Å². The van der Waals surface area contributed by atoms with Crippen molar-refractivity contribution in [2.75, 3.05) is 6.26 Å². The van der Waals surface area contributed by atoms with Crippen molar-refractivity contribution in [2.45, 2.75) is 39.3 Å². The van der Waals surface area contributed by atoms with Crippen LogP contribution in [-0.4, -0.2) is 23.1 Å². The van der Waals surface area contributed by atoms with Gasteiger partial charge < -0.3 is 4.74 Å². The minimum atomic E-state index is 0.0238. The Morgan fingerprint density at radius 1 is 1.42 bits per heavy atom. The average molecular weight is 187 g/mol. The van der Waals surface area contributed by atoms with E-state index in [1.54, 1.807) is 11.8 Å². The highest BCUT2D eigenvalue weighted by molar-refractivity contribution is 8.12. The van der Waals surface area contributed by atoms with Crippen molar-refractivity contribution < 1.29 is 4.74 Å². The summed E-state index contributed by atoms with van der Waals surface area (Å²) in [4.78, 5) is 4.52. The lowest BCUT2D eigenvalue weighted by atomic mass is 9.85. The molecular weight excluding hydrogens is 170 g/mol. The van der Waals surface area contributed by atoms with E-state index in [1.807, 2.05) is 6.26 Å². The molecule has 2 nitrogen and oxygen atoms in total. The lowest BCUT2D eigenvalue weighted by Crippen LogP contribution is -2.41. The van der Waals surface area contributed by atoms with Crippen LogP contribution in [0.25, 0.3) is 0 Å². The third kappa shape index (κ3) is 1.76. The lowest BCUT2D eigenvalue weighted by molar-refractivity contribution is 0.0883. The van der Waals surface area contributed by atoms with Crippen LogP contribution in [0.1, 0.15) is 27.7 Å². The molecular formula is C9H17NOS. The zero-order valence-electron chi connectivity index (χ0n) is 8.42. The van der Waals surface area contributed by atoms with E-state index in [2.05, 4.69) is 32.7 Å². The largest absolute Gasteiger partial charge is 0.470 e. The SMILES string of the molecule is CSC1=NC(C)(C)C(C)C(C)O1. The van der Waals surface area contributed by atoms with Gasteiger partial charge in [0.15, 0.2) is 0 Å². The minimum Gasteiger partial charge on any atom is -0.470 e. The summed E-state index contributed by atoms with van der Waals surface area (Å²) in [7, 11) is 0. The summed E-state index contributed by atoms with van der Waals surface area (Å²) in [5, 5.41) is 0.825. The number of nitrogens with zero attached hydrogens (tertiary/aromatic N) is 1. The molecule has 12 heavy (non-hydrogen) atoms. The van der Waals surface area contributed by atoms with Crippen molar-refractivity contribution in [1.29, 1.82) is 0 Å². The molecule has 1 aliphatic heterocycles.